The first-order chi connectivity index (χ1) is 29.2. The highest BCUT2D eigenvalue weighted by atomic mass is 31.2. The lowest BCUT2D eigenvalue weighted by atomic mass is 9.80. The second-order valence-electron chi connectivity index (χ2n) is 15.0. The number of H-pyrrole nitrogens is 2. The average molecular weight is 859 g/mol. The van der Waals surface area contributed by atoms with E-state index in [1.54, 1.807) is 14.0 Å². The molecular formula is C43H47N4O13P. The molecule has 2 aromatic heterocycles. The van der Waals surface area contributed by atoms with Gasteiger partial charge in [0.1, 0.15) is 42.1 Å². The first-order valence-corrected chi connectivity index (χ1v) is 21.6. The Morgan fingerprint density at radius 2 is 1.21 bits per heavy atom. The lowest BCUT2D eigenvalue weighted by Crippen LogP contribution is -2.38. The topological polar surface area (TPSA) is 208 Å². The summed E-state index contributed by atoms with van der Waals surface area (Å²) >= 11 is 0. The average Bonchev–Trinajstić information content (AvgIpc) is 3.83. The zero-order valence-electron chi connectivity index (χ0n) is 34.2. The van der Waals surface area contributed by atoms with Gasteiger partial charge >= 0.3 is 24.9 Å². The molecule has 2 aliphatic heterocycles. The fourth-order valence-electron chi connectivity index (χ4n) is 7.70. The van der Waals surface area contributed by atoms with Crippen LogP contribution in [-0.2, 0) is 43.0 Å². The van der Waals surface area contributed by atoms with Gasteiger partial charge in [0.15, 0.2) is 0 Å². The highest BCUT2D eigenvalue weighted by Gasteiger charge is 2.46. The van der Waals surface area contributed by atoms with Crippen LogP contribution in [0.3, 0.4) is 0 Å². The number of aryl methyl sites for hydroxylation is 2. The number of hydrogen-bond donors (Lipinski definition) is 2. The predicted octanol–water partition coefficient (Wildman–Crippen LogP) is 4.45. The van der Waals surface area contributed by atoms with Crippen LogP contribution in [0.1, 0.15) is 60.0 Å². The molecular weight excluding hydrogens is 811 g/mol. The van der Waals surface area contributed by atoms with Crippen LogP contribution in [0.2, 0.25) is 0 Å². The molecule has 18 heteroatoms. The van der Waals surface area contributed by atoms with Crippen molar-refractivity contribution < 1.29 is 42.1 Å². The smallest absolute Gasteiger partial charge is 0.330 e. The number of aromatic nitrogens is 4. The molecule has 7 atom stereocenters. The minimum absolute atomic E-state index is 0.000625. The molecule has 0 saturated carbocycles. The number of carbonyl (C=O) groups is 1. The van der Waals surface area contributed by atoms with Crippen LogP contribution in [-0.4, -0.2) is 76.5 Å². The molecule has 17 nitrogen and oxygen atoms in total. The Kier molecular flexibility index (Phi) is 12.9. The summed E-state index contributed by atoms with van der Waals surface area (Å²) in [5, 5.41) is 0. The van der Waals surface area contributed by atoms with E-state index in [-0.39, 0.29) is 37.2 Å². The van der Waals surface area contributed by atoms with Crippen LogP contribution in [0, 0.1) is 13.8 Å². The summed E-state index contributed by atoms with van der Waals surface area (Å²) in [5.74, 6) is 0.0364. The number of nitrogens with one attached hydrogen (secondary N) is 2. The van der Waals surface area contributed by atoms with Gasteiger partial charge in [-0.15, -0.1) is 0 Å². The van der Waals surface area contributed by atoms with Crippen LogP contribution in [0.4, 0.5) is 0 Å². The Bertz CT molecular complexity index is 2590. The fraction of sp³-hybridized carbons (Fsp3) is 0.372. The number of hydrogen-bond acceptors (Lipinski definition) is 13. The van der Waals surface area contributed by atoms with E-state index in [4.69, 9.17) is 32.7 Å². The molecule has 61 heavy (non-hydrogen) atoms. The van der Waals surface area contributed by atoms with Crippen LogP contribution in [0.15, 0.2) is 117 Å². The first-order valence-electron chi connectivity index (χ1n) is 19.6. The summed E-state index contributed by atoms with van der Waals surface area (Å²) in [6, 6.07) is 26.7. The van der Waals surface area contributed by atoms with Crippen molar-refractivity contribution in [3.63, 3.8) is 0 Å². The van der Waals surface area contributed by atoms with Crippen molar-refractivity contribution in [1.82, 2.24) is 19.1 Å². The van der Waals surface area contributed by atoms with Gasteiger partial charge < -0.3 is 32.7 Å². The Morgan fingerprint density at radius 3 is 1.70 bits per heavy atom. The molecule has 2 fully saturated rings. The molecule has 3 aromatic carbocycles. The third-order valence-electron chi connectivity index (χ3n) is 10.7. The molecule has 0 aliphatic carbocycles. The van der Waals surface area contributed by atoms with Gasteiger partial charge in [-0.2, -0.15) is 0 Å². The Balaban J connectivity index is 1.18. The van der Waals surface area contributed by atoms with Crippen molar-refractivity contribution in [3.05, 3.63) is 167 Å². The summed E-state index contributed by atoms with van der Waals surface area (Å²) in [7, 11) is -2.45. The third kappa shape index (κ3) is 9.47. The summed E-state index contributed by atoms with van der Waals surface area (Å²) in [6.45, 7) is 5.06. The van der Waals surface area contributed by atoms with Gasteiger partial charge in [0.05, 0.1) is 26.4 Å². The Hall–Kier alpha value is -5.68. The summed E-state index contributed by atoms with van der Waals surface area (Å²) in [4.78, 5) is 66.7. The molecule has 2 aliphatic rings. The van der Waals surface area contributed by atoms with Gasteiger partial charge in [0, 0.05) is 50.0 Å². The second kappa shape index (κ2) is 18.1. The molecule has 0 amide bonds. The Labute approximate surface area is 349 Å². The van der Waals surface area contributed by atoms with E-state index >= 15 is 0 Å². The number of nitrogens with zero attached hydrogens (tertiary/aromatic N) is 2. The van der Waals surface area contributed by atoms with E-state index < -0.39 is 78.5 Å². The zero-order chi connectivity index (χ0) is 43.5. The second-order valence-corrected chi connectivity index (χ2v) is 17.0. The zero-order valence-corrected chi connectivity index (χ0v) is 35.1. The number of carbonyl (C=O) groups excluding carboxylic acids is 1. The minimum Gasteiger partial charge on any atom is -0.497 e. The number of aromatic amines is 2. The number of rotatable bonds is 15. The lowest BCUT2D eigenvalue weighted by molar-refractivity contribution is -0.150. The molecule has 1 unspecified atom stereocenters. The molecule has 4 heterocycles. The van der Waals surface area contributed by atoms with Gasteiger partial charge in [0.2, 0.25) is 0 Å². The van der Waals surface area contributed by atoms with Crippen LogP contribution >= 0.6 is 7.60 Å². The third-order valence-corrected chi connectivity index (χ3v) is 12.0. The standard InChI is InChI=1S/C43H47N4O13P/c1-26-22-46(41(51)44-39(26)49)37-20-33(57-28(3)48)36(59-37)25-56-61(5,53)60-34-21-38(47-23-27(2)40(50)45-42(47)52)58-35(34)24-55-43(29-12-8-6-9-13-29,30-14-10-7-11-15-30)31-16-18-32(54-4)19-17-31/h6-19,22-23,33-38H,20-21,24-25H2,1-5H3,(H,44,49,51)(H,45,50,52)/t33-,34-,35+,36+,37+,38+,61?/m0/s1. The van der Waals surface area contributed by atoms with Crippen molar-refractivity contribution >= 4 is 13.6 Å². The lowest BCUT2D eigenvalue weighted by Gasteiger charge is -2.37. The van der Waals surface area contributed by atoms with Crippen molar-refractivity contribution in [2.24, 2.45) is 0 Å². The SMILES string of the molecule is COc1ccc(C(OC[C@H]2O[C@@H](n3cc(C)c(=O)[nH]c3=O)C[C@@H]2OP(C)(=O)OC[C@H]2O[C@@H](n3cc(C)c(=O)[nH]c3=O)C[C@@H]2OC(C)=O)(c2ccccc2)c2ccccc2)cc1. The van der Waals surface area contributed by atoms with Gasteiger partial charge in [-0.05, 0) is 42.7 Å². The number of esters is 1. The van der Waals surface area contributed by atoms with E-state index in [9.17, 15) is 28.5 Å². The predicted molar refractivity (Wildman–Crippen MR) is 221 cm³/mol. The van der Waals surface area contributed by atoms with Crippen LogP contribution < -0.4 is 27.2 Å². The van der Waals surface area contributed by atoms with Crippen LogP contribution in [0.25, 0.3) is 0 Å². The molecule has 2 N–H and O–H groups in total. The number of benzene rings is 3. The minimum atomic E-state index is -4.03. The highest BCUT2D eigenvalue weighted by molar-refractivity contribution is 7.53. The Morgan fingerprint density at radius 1 is 0.738 bits per heavy atom. The maximum atomic E-state index is 14.3. The van der Waals surface area contributed by atoms with E-state index in [2.05, 4.69) is 9.97 Å². The quantitative estimate of drug-likeness (QED) is 0.0849. The normalized spacial score (nSPS) is 22.4. The van der Waals surface area contributed by atoms with E-state index in [1.165, 1.54) is 42.0 Å². The maximum absolute atomic E-state index is 14.3. The molecule has 0 spiro atoms. The van der Waals surface area contributed by atoms with Crippen molar-refractivity contribution in [2.45, 2.75) is 76.1 Å². The fourth-order valence-corrected chi connectivity index (χ4v) is 8.90. The largest absolute Gasteiger partial charge is 0.497 e. The molecule has 322 valence electrons. The van der Waals surface area contributed by atoms with Crippen molar-refractivity contribution in [1.29, 1.82) is 0 Å². The molecule has 2 saturated heterocycles. The summed E-state index contributed by atoms with van der Waals surface area (Å²) in [6.07, 6.45) is -2.98. The monoisotopic (exact) mass is 858 g/mol. The van der Waals surface area contributed by atoms with Gasteiger partial charge in [-0.25, -0.2) is 9.59 Å². The highest BCUT2D eigenvalue weighted by Crippen LogP contribution is 2.50. The van der Waals surface area contributed by atoms with Gasteiger partial charge in [0.25, 0.3) is 11.1 Å². The van der Waals surface area contributed by atoms with Gasteiger partial charge in [-0.1, -0.05) is 72.8 Å². The van der Waals surface area contributed by atoms with Crippen LogP contribution in [0.5, 0.6) is 5.75 Å². The van der Waals surface area contributed by atoms with E-state index in [0.717, 1.165) is 16.7 Å². The van der Waals surface area contributed by atoms with E-state index in [0.29, 0.717) is 5.75 Å². The summed E-state index contributed by atoms with van der Waals surface area (Å²) < 4.78 is 59.6. The van der Waals surface area contributed by atoms with Gasteiger partial charge in [-0.3, -0.25) is 38.1 Å². The molecule has 0 bridgehead atoms. The first kappa shape index (κ1) is 43.4. The van der Waals surface area contributed by atoms with Crippen molar-refractivity contribution in [3.8, 4) is 5.75 Å². The molecule has 5 aromatic rings. The molecule has 0 radical (unpaired) electrons. The van der Waals surface area contributed by atoms with Crippen molar-refractivity contribution in [2.75, 3.05) is 27.0 Å². The number of methoxy groups -OCH3 is 1. The summed E-state index contributed by atoms with van der Waals surface area (Å²) in [5.41, 5.74) is -0.831. The van der Waals surface area contributed by atoms with E-state index in [1.807, 2.05) is 84.9 Å². The maximum Gasteiger partial charge on any atom is 0.330 e. The number of ether oxygens (including phenoxy) is 5. The molecule has 7 rings (SSSR count).